The van der Waals surface area contributed by atoms with E-state index in [1.807, 2.05) is 24.3 Å². The number of benzene rings is 8. The maximum atomic E-state index is 5.39. The van der Waals surface area contributed by atoms with Crippen LogP contribution in [0.25, 0.3) is 83.6 Å². The van der Waals surface area contributed by atoms with Gasteiger partial charge in [-0.3, -0.25) is 9.56 Å². The molecule has 1 aliphatic heterocycles. The molecule has 1 aliphatic rings. The van der Waals surface area contributed by atoms with Crippen LogP contribution >= 0.6 is 0 Å². The van der Waals surface area contributed by atoms with Crippen molar-refractivity contribution in [3.8, 4) is 61.8 Å². The van der Waals surface area contributed by atoms with Gasteiger partial charge in [0.25, 0.3) is 0 Å². The molecule has 0 unspecified atom stereocenters. The first kappa shape index (κ1) is 34.4. The molecule has 0 aliphatic carbocycles. The third kappa shape index (κ3) is 5.91. The van der Waals surface area contributed by atoms with E-state index in [0.29, 0.717) is 12.4 Å². The summed E-state index contributed by atoms with van der Waals surface area (Å²) in [5, 5.41) is 2.39. The number of aliphatic imine (C=N–C) groups is 1. The second-order valence-corrected chi connectivity index (χ2v) is 14.9. The molecule has 3 heterocycles. The van der Waals surface area contributed by atoms with Crippen LogP contribution in [-0.4, -0.2) is 21.3 Å². The Kier molecular flexibility index (Phi) is 8.30. The van der Waals surface area contributed by atoms with Crippen LogP contribution in [0.15, 0.2) is 205 Å². The van der Waals surface area contributed by atoms with Gasteiger partial charge in [0.1, 0.15) is 5.82 Å². The lowest BCUT2D eigenvalue weighted by atomic mass is 9.89. The van der Waals surface area contributed by atoms with Gasteiger partial charge in [-0.15, -0.1) is 0 Å². The van der Waals surface area contributed by atoms with Gasteiger partial charge in [-0.2, -0.15) is 0 Å². The molecule has 0 saturated heterocycles. The van der Waals surface area contributed by atoms with Crippen molar-refractivity contribution >= 4 is 45.6 Å². The van der Waals surface area contributed by atoms with E-state index in [2.05, 4.69) is 197 Å². The van der Waals surface area contributed by atoms with Gasteiger partial charge in [0.15, 0.2) is 5.82 Å². The van der Waals surface area contributed by atoms with Gasteiger partial charge in [0.05, 0.1) is 28.1 Å². The smallest absolute Gasteiger partial charge is 0.162 e. The van der Waals surface area contributed by atoms with Crippen molar-refractivity contribution in [1.82, 2.24) is 14.5 Å². The van der Waals surface area contributed by atoms with Crippen molar-refractivity contribution in [2.45, 2.75) is 6.54 Å². The first-order valence-electron chi connectivity index (χ1n) is 19.9. The minimum atomic E-state index is 0.670. The molecule has 0 fully saturated rings. The van der Waals surface area contributed by atoms with Crippen molar-refractivity contribution in [2.75, 3.05) is 4.90 Å². The monoisotopic (exact) mass is 755 g/mol. The minimum absolute atomic E-state index is 0.670. The van der Waals surface area contributed by atoms with Crippen LogP contribution in [0.3, 0.4) is 0 Å². The van der Waals surface area contributed by atoms with Crippen LogP contribution in [0.1, 0.15) is 5.56 Å². The highest BCUT2D eigenvalue weighted by molar-refractivity contribution is 6.18. The van der Waals surface area contributed by atoms with Crippen molar-refractivity contribution < 1.29 is 0 Å². The average molecular weight is 756 g/mol. The van der Waals surface area contributed by atoms with Gasteiger partial charge in [-0.05, 0) is 70.4 Å². The summed E-state index contributed by atoms with van der Waals surface area (Å²) in [5.41, 5.74) is 16.4. The zero-order valence-corrected chi connectivity index (χ0v) is 32.2. The van der Waals surface area contributed by atoms with E-state index in [1.165, 1.54) is 38.6 Å². The van der Waals surface area contributed by atoms with E-state index in [4.69, 9.17) is 9.97 Å². The number of anilines is 2. The quantitative estimate of drug-likeness (QED) is 0.152. The SMILES string of the molecule is C=Nc1ccccc1N1Cc2ccc3c(c2-c2ccccc21)c1ccccc1n3-c1cc(-c2ccc(-c3ccccc3)cc2)nc(-c2ccc(-c3ccccc3)cc2)n1. The van der Waals surface area contributed by atoms with Crippen LogP contribution in [0.2, 0.25) is 0 Å². The Balaban J connectivity index is 1.11. The standard InChI is InChI=1S/C54H37N5/c1-55-45-20-10-13-23-49(45)58-35-42-32-33-50-53(52(42)43-18-8-11-21-47(43)58)44-19-9-12-22-48(44)59(50)51-34-46(40-28-24-38(25-29-40)36-14-4-2-5-15-36)56-54(57-51)41-30-26-39(27-31-41)37-16-6-3-7-17-37/h2-34H,1,35H2. The topological polar surface area (TPSA) is 46.3 Å². The molecular formula is C54H37N5. The summed E-state index contributed by atoms with van der Waals surface area (Å²) in [6.45, 7) is 4.59. The van der Waals surface area contributed by atoms with E-state index in [0.717, 1.165) is 61.9 Å². The van der Waals surface area contributed by atoms with E-state index < -0.39 is 0 Å². The van der Waals surface area contributed by atoms with Gasteiger partial charge in [-0.1, -0.05) is 164 Å². The third-order valence-corrected chi connectivity index (χ3v) is 11.5. The fraction of sp³-hybridized carbons (Fsp3) is 0.0185. The Bertz CT molecular complexity index is 3080. The van der Waals surface area contributed by atoms with Gasteiger partial charge >= 0.3 is 0 Å². The van der Waals surface area contributed by atoms with Crippen LogP contribution < -0.4 is 4.90 Å². The van der Waals surface area contributed by atoms with Crippen LogP contribution in [0, 0.1) is 0 Å². The molecule has 8 aromatic carbocycles. The average Bonchev–Trinajstić information content (AvgIpc) is 3.66. The van der Waals surface area contributed by atoms with Crippen molar-refractivity contribution in [1.29, 1.82) is 0 Å². The van der Waals surface area contributed by atoms with Crippen molar-refractivity contribution in [3.05, 3.63) is 206 Å². The molecule has 0 atom stereocenters. The molecule has 0 saturated carbocycles. The highest BCUT2D eigenvalue weighted by Gasteiger charge is 2.28. The molecule has 2 aromatic heterocycles. The van der Waals surface area contributed by atoms with Crippen LogP contribution in [0.4, 0.5) is 17.1 Å². The van der Waals surface area contributed by atoms with Gasteiger partial charge < -0.3 is 4.90 Å². The van der Waals surface area contributed by atoms with Crippen molar-refractivity contribution in [3.63, 3.8) is 0 Å². The summed E-state index contributed by atoms with van der Waals surface area (Å²) in [5.74, 6) is 1.48. The zero-order valence-electron chi connectivity index (χ0n) is 32.2. The second-order valence-electron chi connectivity index (χ2n) is 14.9. The maximum absolute atomic E-state index is 5.39. The van der Waals surface area contributed by atoms with Gasteiger partial charge in [0.2, 0.25) is 0 Å². The second kappa shape index (κ2) is 14.2. The molecule has 10 aromatic rings. The molecule has 0 spiro atoms. The predicted molar refractivity (Wildman–Crippen MR) is 245 cm³/mol. The Morgan fingerprint density at radius 3 is 1.76 bits per heavy atom. The van der Waals surface area contributed by atoms with E-state index >= 15 is 0 Å². The van der Waals surface area contributed by atoms with Crippen LogP contribution in [0.5, 0.6) is 0 Å². The lowest BCUT2D eigenvalue weighted by Gasteiger charge is -2.34. The van der Waals surface area contributed by atoms with Crippen molar-refractivity contribution in [2.24, 2.45) is 4.99 Å². The normalized spacial score (nSPS) is 12.0. The summed E-state index contributed by atoms with van der Waals surface area (Å²) in [4.78, 5) is 17.4. The number of rotatable bonds is 7. The molecule has 5 nitrogen and oxygen atoms in total. The largest absolute Gasteiger partial charge is 0.335 e. The summed E-state index contributed by atoms with van der Waals surface area (Å²) >= 11 is 0. The number of nitrogens with zero attached hydrogens (tertiary/aromatic N) is 5. The lowest BCUT2D eigenvalue weighted by molar-refractivity contribution is 0.963. The number of aromatic nitrogens is 3. The molecular weight excluding hydrogens is 719 g/mol. The summed E-state index contributed by atoms with van der Waals surface area (Å²) in [6.07, 6.45) is 0. The first-order valence-corrected chi connectivity index (χ1v) is 19.9. The third-order valence-electron chi connectivity index (χ3n) is 11.5. The van der Waals surface area contributed by atoms with E-state index in [9.17, 15) is 0 Å². The highest BCUT2D eigenvalue weighted by atomic mass is 15.2. The number of hydrogen-bond donors (Lipinski definition) is 0. The molecule has 0 radical (unpaired) electrons. The lowest BCUT2D eigenvalue weighted by Crippen LogP contribution is -2.21. The summed E-state index contributed by atoms with van der Waals surface area (Å²) < 4.78 is 2.32. The minimum Gasteiger partial charge on any atom is -0.335 e. The van der Waals surface area contributed by atoms with Gasteiger partial charge in [0, 0.05) is 45.8 Å². The number of para-hydroxylation sites is 4. The number of hydrogen-bond acceptors (Lipinski definition) is 4. The fourth-order valence-electron chi connectivity index (χ4n) is 8.74. The molecule has 0 N–H and O–H groups in total. The zero-order chi connectivity index (χ0) is 39.3. The fourth-order valence-corrected chi connectivity index (χ4v) is 8.74. The Labute approximate surface area is 342 Å². The first-order chi connectivity index (χ1) is 29.2. The molecule has 59 heavy (non-hydrogen) atoms. The predicted octanol–water partition coefficient (Wildman–Crippen LogP) is 13.9. The molecule has 11 rings (SSSR count). The Morgan fingerprint density at radius 2 is 1.05 bits per heavy atom. The molecule has 5 heteroatoms. The Morgan fingerprint density at radius 1 is 0.475 bits per heavy atom. The van der Waals surface area contributed by atoms with Crippen LogP contribution in [-0.2, 0) is 6.54 Å². The summed E-state index contributed by atoms with van der Waals surface area (Å²) in [7, 11) is 0. The maximum Gasteiger partial charge on any atom is 0.162 e. The molecule has 0 bridgehead atoms. The van der Waals surface area contributed by atoms with E-state index in [-0.39, 0.29) is 0 Å². The number of fused-ring (bicyclic) bond motifs is 7. The highest BCUT2D eigenvalue weighted by Crippen LogP contribution is 2.49. The van der Waals surface area contributed by atoms with E-state index in [1.54, 1.807) is 0 Å². The Hall–Kier alpha value is -7.89. The molecule has 278 valence electrons. The van der Waals surface area contributed by atoms with Gasteiger partial charge in [-0.25, -0.2) is 9.97 Å². The summed E-state index contributed by atoms with van der Waals surface area (Å²) in [6, 6.07) is 70.6. The molecule has 0 amide bonds.